The molecule has 0 radical (unpaired) electrons. The van der Waals surface area contributed by atoms with Crippen molar-refractivity contribution < 1.29 is 0 Å². The zero-order chi connectivity index (χ0) is 13.5. The van der Waals surface area contributed by atoms with Crippen LogP contribution in [-0.2, 0) is 0 Å². The molecule has 2 aromatic rings. The number of hydrogen-bond donors (Lipinski definition) is 1. The summed E-state index contributed by atoms with van der Waals surface area (Å²) < 4.78 is 0. The van der Waals surface area contributed by atoms with Crippen molar-refractivity contribution in [2.24, 2.45) is 0 Å². The molecule has 1 unspecified atom stereocenters. The van der Waals surface area contributed by atoms with E-state index in [4.69, 9.17) is 11.6 Å². The van der Waals surface area contributed by atoms with Crippen LogP contribution in [0.2, 0.25) is 5.02 Å². The molecule has 100 valence electrons. The van der Waals surface area contributed by atoms with Crippen molar-refractivity contribution in [2.75, 3.05) is 12.3 Å². The Hall–Kier alpha value is -1.03. The van der Waals surface area contributed by atoms with Crippen LogP contribution in [0.4, 0.5) is 0 Å². The highest BCUT2D eigenvalue weighted by molar-refractivity contribution is 7.99. The lowest BCUT2D eigenvalue weighted by molar-refractivity contribution is 0.586. The Morgan fingerprint density at radius 1 is 1.21 bits per heavy atom. The first-order chi connectivity index (χ1) is 9.25. The molecule has 0 saturated carbocycles. The van der Waals surface area contributed by atoms with Crippen molar-refractivity contribution >= 4 is 23.4 Å². The Labute approximate surface area is 123 Å². The standard InChI is InChI=1S/C15H17ClN2S/c1-12(15-4-2-3-9-18-15)17-10-11-19-14-7-5-13(16)6-8-14/h2-9,12,17H,10-11H2,1H3. The molecule has 0 spiro atoms. The summed E-state index contributed by atoms with van der Waals surface area (Å²) in [5.74, 6) is 1.03. The van der Waals surface area contributed by atoms with E-state index in [2.05, 4.69) is 29.4 Å². The Kier molecular flexibility index (Phi) is 5.70. The van der Waals surface area contributed by atoms with Gasteiger partial charge in [0, 0.05) is 34.5 Å². The first-order valence-electron chi connectivity index (χ1n) is 6.28. The number of benzene rings is 1. The lowest BCUT2D eigenvalue weighted by atomic mass is 10.2. The molecule has 0 amide bonds. The zero-order valence-corrected chi connectivity index (χ0v) is 12.4. The molecule has 1 aromatic heterocycles. The molecule has 2 nitrogen and oxygen atoms in total. The summed E-state index contributed by atoms with van der Waals surface area (Å²) in [7, 11) is 0. The minimum atomic E-state index is 0.284. The van der Waals surface area contributed by atoms with Crippen LogP contribution in [-0.4, -0.2) is 17.3 Å². The van der Waals surface area contributed by atoms with E-state index in [0.717, 1.165) is 23.0 Å². The molecule has 1 atom stereocenters. The van der Waals surface area contributed by atoms with Gasteiger partial charge in [-0.05, 0) is 43.3 Å². The average molecular weight is 293 g/mol. The fourth-order valence-electron chi connectivity index (χ4n) is 1.71. The van der Waals surface area contributed by atoms with E-state index >= 15 is 0 Å². The lowest BCUT2D eigenvalue weighted by Crippen LogP contribution is -2.22. The van der Waals surface area contributed by atoms with Crippen LogP contribution in [0.15, 0.2) is 53.6 Å². The number of thioether (sulfide) groups is 1. The molecule has 0 aliphatic carbocycles. The maximum absolute atomic E-state index is 5.85. The molecule has 1 N–H and O–H groups in total. The van der Waals surface area contributed by atoms with E-state index < -0.39 is 0 Å². The van der Waals surface area contributed by atoms with Crippen LogP contribution < -0.4 is 5.32 Å². The van der Waals surface area contributed by atoms with Crippen LogP contribution in [0, 0.1) is 0 Å². The van der Waals surface area contributed by atoms with Crippen molar-refractivity contribution in [1.82, 2.24) is 10.3 Å². The van der Waals surface area contributed by atoms with Gasteiger partial charge in [-0.1, -0.05) is 17.7 Å². The highest BCUT2D eigenvalue weighted by atomic mass is 35.5. The number of pyridine rings is 1. The second-order valence-corrected chi connectivity index (χ2v) is 5.84. The second kappa shape index (κ2) is 7.53. The lowest BCUT2D eigenvalue weighted by Gasteiger charge is -2.12. The number of nitrogens with zero attached hydrogens (tertiary/aromatic N) is 1. The monoisotopic (exact) mass is 292 g/mol. The van der Waals surface area contributed by atoms with Crippen molar-refractivity contribution in [1.29, 1.82) is 0 Å². The SMILES string of the molecule is CC(NCCSc1ccc(Cl)cc1)c1ccccn1. The molecule has 2 rings (SSSR count). The highest BCUT2D eigenvalue weighted by Crippen LogP contribution is 2.20. The van der Waals surface area contributed by atoms with E-state index in [9.17, 15) is 0 Å². The van der Waals surface area contributed by atoms with Gasteiger partial charge in [-0.2, -0.15) is 0 Å². The number of aromatic nitrogens is 1. The number of halogens is 1. The van der Waals surface area contributed by atoms with E-state index in [1.165, 1.54) is 4.90 Å². The van der Waals surface area contributed by atoms with Gasteiger partial charge < -0.3 is 5.32 Å². The van der Waals surface area contributed by atoms with E-state index in [0.29, 0.717) is 0 Å². The Balaban J connectivity index is 1.71. The molecule has 19 heavy (non-hydrogen) atoms. The van der Waals surface area contributed by atoms with Gasteiger partial charge in [0.2, 0.25) is 0 Å². The molecule has 0 aliphatic heterocycles. The fraction of sp³-hybridized carbons (Fsp3) is 0.267. The third-order valence-corrected chi connectivity index (χ3v) is 4.03. The van der Waals surface area contributed by atoms with Crippen molar-refractivity contribution in [2.45, 2.75) is 17.9 Å². The quantitative estimate of drug-likeness (QED) is 0.639. The highest BCUT2D eigenvalue weighted by Gasteiger charge is 2.04. The first-order valence-corrected chi connectivity index (χ1v) is 7.65. The summed E-state index contributed by atoms with van der Waals surface area (Å²) in [6.07, 6.45) is 1.83. The van der Waals surface area contributed by atoms with Gasteiger partial charge in [0.25, 0.3) is 0 Å². The summed E-state index contributed by atoms with van der Waals surface area (Å²) in [5.41, 5.74) is 1.08. The van der Waals surface area contributed by atoms with Crippen molar-refractivity contribution in [3.63, 3.8) is 0 Å². The predicted molar refractivity (Wildman–Crippen MR) is 82.8 cm³/mol. The third kappa shape index (κ3) is 4.86. The van der Waals surface area contributed by atoms with E-state index in [-0.39, 0.29) is 6.04 Å². The number of rotatable bonds is 6. The van der Waals surface area contributed by atoms with Gasteiger partial charge in [-0.3, -0.25) is 4.98 Å². The molecule has 1 aromatic carbocycles. The first kappa shape index (κ1) is 14.4. The van der Waals surface area contributed by atoms with Crippen LogP contribution in [0.1, 0.15) is 18.7 Å². The largest absolute Gasteiger partial charge is 0.308 e. The van der Waals surface area contributed by atoms with Crippen molar-refractivity contribution in [3.05, 3.63) is 59.4 Å². The third-order valence-electron chi connectivity index (χ3n) is 2.77. The Bertz CT molecular complexity index is 487. The van der Waals surface area contributed by atoms with Crippen LogP contribution in [0.3, 0.4) is 0 Å². The minimum Gasteiger partial charge on any atom is -0.308 e. The van der Waals surface area contributed by atoms with Gasteiger partial charge in [0.05, 0.1) is 5.69 Å². The number of hydrogen-bond acceptors (Lipinski definition) is 3. The maximum Gasteiger partial charge on any atom is 0.0570 e. The molecule has 0 bridgehead atoms. The van der Waals surface area contributed by atoms with Crippen LogP contribution in [0.5, 0.6) is 0 Å². The van der Waals surface area contributed by atoms with E-state index in [1.54, 1.807) is 0 Å². The van der Waals surface area contributed by atoms with Crippen molar-refractivity contribution in [3.8, 4) is 0 Å². The maximum atomic E-state index is 5.85. The summed E-state index contributed by atoms with van der Waals surface area (Å²) in [6.45, 7) is 3.08. The molecular weight excluding hydrogens is 276 g/mol. The van der Waals surface area contributed by atoms with Gasteiger partial charge in [0.15, 0.2) is 0 Å². The molecule has 0 saturated heterocycles. The molecule has 0 aliphatic rings. The van der Waals surface area contributed by atoms with Gasteiger partial charge >= 0.3 is 0 Å². The van der Waals surface area contributed by atoms with Gasteiger partial charge in [0.1, 0.15) is 0 Å². The Morgan fingerprint density at radius 3 is 2.68 bits per heavy atom. The van der Waals surface area contributed by atoms with Gasteiger partial charge in [-0.25, -0.2) is 0 Å². The van der Waals surface area contributed by atoms with Gasteiger partial charge in [-0.15, -0.1) is 11.8 Å². The molecular formula is C15H17ClN2S. The average Bonchev–Trinajstić information content (AvgIpc) is 2.46. The normalized spacial score (nSPS) is 12.3. The summed E-state index contributed by atoms with van der Waals surface area (Å²) in [6, 6.07) is 14.2. The predicted octanol–water partition coefficient (Wildman–Crippen LogP) is 4.18. The smallest absolute Gasteiger partial charge is 0.0570 e. The summed E-state index contributed by atoms with van der Waals surface area (Å²) >= 11 is 7.68. The fourth-order valence-corrected chi connectivity index (χ4v) is 2.62. The Morgan fingerprint density at radius 2 is 2.00 bits per heavy atom. The topological polar surface area (TPSA) is 24.9 Å². The number of nitrogens with one attached hydrogen (secondary N) is 1. The second-order valence-electron chi connectivity index (χ2n) is 4.23. The zero-order valence-electron chi connectivity index (χ0n) is 10.8. The molecule has 1 heterocycles. The van der Waals surface area contributed by atoms with Crippen LogP contribution >= 0.6 is 23.4 Å². The van der Waals surface area contributed by atoms with E-state index in [1.807, 2.05) is 48.3 Å². The molecule has 0 fully saturated rings. The molecule has 4 heteroatoms. The summed E-state index contributed by atoms with van der Waals surface area (Å²) in [5, 5.41) is 4.25. The van der Waals surface area contributed by atoms with Crippen LogP contribution in [0.25, 0.3) is 0 Å². The minimum absolute atomic E-state index is 0.284. The summed E-state index contributed by atoms with van der Waals surface area (Å²) in [4.78, 5) is 5.59.